The van der Waals surface area contributed by atoms with Gasteiger partial charge in [-0.25, -0.2) is 0 Å². The molecule has 0 aromatic carbocycles. The number of nitrogens with two attached hydrogens (primary N) is 1. The van der Waals surface area contributed by atoms with Crippen molar-refractivity contribution >= 4 is 11.6 Å². The normalized spacial score (nSPS) is 38.1. The molecule has 0 heterocycles. The van der Waals surface area contributed by atoms with E-state index in [-0.39, 0.29) is 22.8 Å². The summed E-state index contributed by atoms with van der Waals surface area (Å²) in [5, 5.41) is 3.40. The van der Waals surface area contributed by atoms with E-state index in [0.29, 0.717) is 17.7 Å². The SMILES string of the molecule is CC12CC[C@H](C1)C(C)(C)C2NC(=O)C(N)=C1CCCCC1=NC1CCCCCC1. The lowest BCUT2D eigenvalue weighted by Gasteiger charge is -2.43. The highest BCUT2D eigenvalue weighted by molar-refractivity contribution is 6.08. The van der Waals surface area contributed by atoms with Gasteiger partial charge in [-0.2, -0.15) is 0 Å². The molecule has 4 rings (SSSR count). The first-order valence-corrected chi connectivity index (χ1v) is 12.2. The molecule has 0 spiro atoms. The number of nitrogens with one attached hydrogen (secondary N) is 1. The minimum atomic E-state index is -0.0534. The lowest BCUT2D eigenvalue weighted by Crippen LogP contribution is -2.53. The number of hydrogen-bond donors (Lipinski definition) is 2. The van der Waals surface area contributed by atoms with Crippen molar-refractivity contribution in [2.75, 3.05) is 0 Å². The Balaban J connectivity index is 1.53. The second-order valence-corrected chi connectivity index (χ2v) is 11.1. The monoisotopic (exact) mass is 399 g/mol. The fourth-order valence-electron chi connectivity index (χ4n) is 6.94. The molecule has 4 aliphatic rings. The molecule has 4 nitrogen and oxygen atoms in total. The molecule has 0 radical (unpaired) electrons. The van der Waals surface area contributed by atoms with Gasteiger partial charge in [-0.3, -0.25) is 9.79 Å². The van der Waals surface area contributed by atoms with Crippen molar-refractivity contribution in [3.05, 3.63) is 11.3 Å². The quantitative estimate of drug-likeness (QED) is 0.501. The van der Waals surface area contributed by atoms with Gasteiger partial charge in [0.1, 0.15) is 5.70 Å². The van der Waals surface area contributed by atoms with E-state index in [0.717, 1.165) is 30.5 Å². The van der Waals surface area contributed by atoms with E-state index in [2.05, 4.69) is 26.1 Å². The first-order chi connectivity index (χ1) is 13.8. The number of carbonyl (C=O) groups excluding carboxylic acids is 1. The Morgan fingerprint density at radius 3 is 2.34 bits per heavy atom. The summed E-state index contributed by atoms with van der Waals surface area (Å²) in [5.41, 5.74) is 9.51. The lowest BCUT2D eigenvalue weighted by molar-refractivity contribution is -0.120. The van der Waals surface area contributed by atoms with Crippen molar-refractivity contribution in [1.82, 2.24) is 5.32 Å². The highest BCUT2D eigenvalue weighted by atomic mass is 16.2. The van der Waals surface area contributed by atoms with Crippen molar-refractivity contribution in [3.8, 4) is 0 Å². The second-order valence-electron chi connectivity index (χ2n) is 11.1. The molecule has 0 saturated heterocycles. The average Bonchev–Trinajstić information content (AvgIpc) is 3.03. The van der Waals surface area contributed by atoms with Crippen molar-refractivity contribution < 1.29 is 4.79 Å². The van der Waals surface area contributed by atoms with Crippen LogP contribution in [0, 0.1) is 16.7 Å². The van der Waals surface area contributed by atoms with Crippen LogP contribution in [0.5, 0.6) is 0 Å². The van der Waals surface area contributed by atoms with Crippen LogP contribution < -0.4 is 11.1 Å². The van der Waals surface area contributed by atoms with Crippen LogP contribution in [-0.4, -0.2) is 23.7 Å². The Bertz CT molecular complexity index is 694. The topological polar surface area (TPSA) is 67.5 Å². The van der Waals surface area contributed by atoms with Crippen LogP contribution in [0.4, 0.5) is 0 Å². The van der Waals surface area contributed by atoms with Gasteiger partial charge in [0, 0.05) is 17.3 Å². The van der Waals surface area contributed by atoms with Gasteiger partial charge in [0.15, 0.2) is 0 Å². The third kappa shape index (κ3) is 4.01. The number of carbonyl (C=O) groups is 1. The molecule has 29 heavy (non-hydrogen) atoms. The number of hydrogen-bond acceptors (Lipinski definition) is 3. The van der Waals surface area contributed by atoms with E-state index in [1.807, 2.05) is 0 Å². The molecule has 0 aliphatic heterocycles. The third-order valence-electron chi connectivity index (χ3n) is 8.72. The number of amides is 1. The summed E-state index contributed by atoms with van der Waals surface area (Å²) in [6, 6.07) is 0.645. The molecule has 4 heteroatoms. The van der Waals surface area contributed by atoms with Crippen molar-refractivity contribution in [3.63, 3.8) is 0 Å². The molecule has 4 fully saturated rings. The fraction of sp³-hybridized carbons (Fsp3) is 0.840. The van der Waals surface area contributed by atoms with Crippen molar-refractivity contribution in [1.29, 1.82) is 0 Å². The zero-order valence-electron chi connectivity index (χ0n) is 18.9. The summed E-state index contributed by atoms with van der Waals surface area (Å²) in [6.45, 7) is 7.02. The molecular formula is C25H41N3O. The zero-order valence-corrected chi connectivity index (χ0v) is 18.9. The van der Waals surface area contributed by atoms with Crippen LogP contribution in [0.2, 0.25) is 0 Å². The predicted octanol–water partition coefficient (Wildman–Crippen LogP) is 5.27. The minimum absolute atomic E-state index is 0.0534. The molecule has 2 bridgehead atoms. The van der Waals surface area contributed by atoms with E-state index < -0.39 is 0 Å². The number of nitrogens with zero attached hydrogens (tertiary/aromatic N) is 1. The van der Waals surface area contributed by atoms with E-state index in [9.17, 15) is 4.79 Å². The third-order valence-corrected chi connectivity index (χ3v) is 8.72. The molecule has 162 valence electrons. The largest absolute Gasteiger partial charge is 0.394 e. The molecule has 0 aromatic heterocycles. The molecule has 4 aliphatic carbocycles. The summed E-state index contributed by atoms with van der Waals surface area (Å²) < 4.78 is 0. The van der Waals surface area contributed by atoms with Gasteiger partial charge in [0.05, 0.1) is 6.04 Å². The number of rotatable bonds is 3. The molecule has 4 saturated carbocycles. The van der Waals surface area contributed by atoms with Crippen molar-refractivity contribution in [2.45, 2.75) is 116 Å². The molecule has 3 atom stereocenters. The maximum atomic E-state index is 13.2. The van der Waals surface area contributed by atoms with E-state index >= 15 is 0 Å². The average molecular weight is 400 g/mol. The Kier molecular flexibility index (Phi) is 5.83. The van der Waals surface area contributed by atoms with Crippen LogP contribution in [-0.2, 0) is 4.79 Å². The Hall–Kier alpha value is -1.32. The predicted molar refractivity (Wildman–Crippen MR) is 120 cm³/mol. The van der Waals surface area contributed by atoms with E-state index in [1.165, 1.54) is 64.2 Å². The number of allylic oxidation sites excluding steroid dienone is 1. The summed E-state index contributed by atoms with van der Waals surface area (Å²) in [6.07, 6.45) is 15.5. The van der Waals surface area contributed by atoms with Crippen LogP contribution in [0.15, 0.2) is 16.3 Å². The Morgan fingerprint density at radius 1 is 1.00 bits per heavy atom. The van der Waals surface area contributed by atoms with Gasteiger partial charge >= 0.3 is 0 Å². The summed E-state index contributed by atoms with van der Waals surface area (Å²) in [5.74, 6) is 0.663. The lowest BCUT2D eigenvalue weighted by atomic mass is 9.68. The molecule has 3 N–H and O–H groups in total. The molecule has 0 aromatic rings. The highest BCUT2D eigenvalue weighted by Crippen LogP contribution is 2.62. The fourth-order valence-corrected chi connectivity index (χ4v) is 6.94. The van der Waals surface area contributed by atoms with E-state index in [4.69, 9.17) is 10.7 Å². The summed E-state index contributed by atoms with van der Waals surface area (Å²) in [4.78, 5) is 18.4. The van der Waals surface area contributed by atoms with Gasteiger partial charge in [0.25, 0.3) is 5.91 Å². The van der Waals surface area contributed by atoms with Crippen LogP contribution in [0.25, 0.3) is 0 Å². The Labute approximate surface area is 177 Å². The first-order valence-electron chi connectivity index (χ1n) is 12.2. The standard InChI is InChI=1S/C25H41N3O/c1-24(2)17-14-15-25(3,16-17)23(24)28-22(29)21(26)19-12-8-9-13-20(19)27-18-10-6-4-5-7-11-18/h17-18,23H,4-16,26H2,1-3H3,(H,28,29)/t17-,23?,25?/m1/s1. The molecule has 2 unspecified atom stereocenters. The Morgan fingerprint density at radius 2 is 1.69 bits per heavy atom. The van der Waals surface area contributed by atoms with Crippen LogP contribution >= 0.6 is 0 Å². The maximum absolute atomic E-state index is 13.2. The van der Waals surface area contributed by atoms with Gasteiger partial charge < -0.3 is 11.1 Å². The summed E-state index contributed by atoms with van der Waals surface area (Å²) >= 11 is 0. The molecule has 1 amide bonds. The van der Waals surface area contributed by atoms with Crippen molar-refractivity contribution in [2.24, 2.45) is 27.5 Å². The summed E-state index contributed by atoms with van der Waals surface area (Å²) in [7, 11) is 0. The highest BCUT2D eigenvalue weighted by Gasteiger charge is 2.59. The van der Waals surface area contributed by atoms with Gasteiger partial charge in [-0.05, 0) is 74.5 Å². The smallest absolute Gasteiger partial charge is 0.267 e. The first kappa shape index (κ1) is 20.9. The maximum Gasteiger partial charge on any atom is 0.267 e. The number of fused-ring (bicyclic) bond motifs is 2. The molecular weight excluding hydrogens is 358 g/mol. The van der Waals surface area contributed by atoms with Crippen LogP contribution in [0.1, 0.15) is 104 Å². The number of aliphatic imine (C=N–C) groups is 1. The van der Waals surface area contributed by atoms with Gasteiger partial charge in [-0.1, -0.05) is 46.5 Å². The minimum Gasteiger partial charge on any atom is -0.394 e. The zero-order chi connectivity index (χ0) is 20.6. The van der Waals surface area contributed by atoms with Crippen LogP contribution in [0.3, 0.4) is 0 Å². The van der Waals surface area contributed by atoms with Gasteiger partial charge in [0.2, 0.25) is 0 Å². The van der Waals surface area contributed by atoms with Gasteiger partial charge in [-0.15, -0.1) is 0 Å². The van der Waals surface area contributed by atoms with E-state index in [1.54, 1.807) is 0 Å². The second kappa shape index (κ2) is 8.07.